The van der Waals surface area contributed by atoms with Gasteiger partial charge in [-0.1, -0.05) is 38.2 Å². The minimum absolute atomic E-state index is 0.0603. The van der Waals surface area contributed by atoms with Crippen molar-refractivity contribution in [2.75, 3.05) is 24.2 Å². The maximum atomic E-state index is 12.9. The Labute approximate surface area is 167 Å². The van der Waals surface area contributed by atoms with Crippen molar-refractivity contribution in [3.05, 3.63) is 24.3 Å². The summed E-state index contributed by atoms with van der Waals surface area (Å²) in [6.07, 6.45) is 10.2. The van der Waals surface area contributed by atoms with E-state index in [1.54, 1.807) is 40.3 Å². The molecule has 1 aromatic rings. The maximum absolute atomic E-state index is 12.9. The smallest absolute Gasteiger partial charge is 0.243 e. The Kier molecular flexibility index (Phi) is 7.61. The van der Waals surface area contributed by atoms with E-state index in [2.05, 4.69) is 5.32 Å². The number of nitrogens with one attached hydrogen (secondary N) is 1. The number of rotatable bonds is 6. The maximum Gasteiger partial charge on any atom is 0.243 e. The number of hydrogen-bond acceptors (Lipinski definition) is 4. The van der Waals surface area contributed by atoms with Gasteiger partial charge < -0.3 is 5.32 Å². The molecule has 0 spiro atoms. The highest BCUT2D eigenvalue weighted by atomic mass is 32.2. The molecule has 2 aliphatic rings. The standard InChI is InChI=1S/C20H30N2O3S2/c23-20(16-26-18-10-4-3-5-11-18)21-17-9-8-12-19(15-17)27(24,25)22-13-6-1-2-7-14-22/h8-9,12,15,18H,1-7,10-11,13-14,16H2,(H,21,23). The third kappa shape index (κ3) is 5.96. The molecule has 0 unspecified atom stereocenters. The lowest BCUT2D eigenvalue weighted by Crippen LogP contribution is -2.32. The third-order valence-corrected chi connectivity index (χ3v) is 8.59. The van der Waals surface area contributed by atoms with Crippen LogP contribution in [0.25, 0.3) is 0 Å². The van der Waals surface area contributed by atoms with Crippen molar-refractivity contribution in [2.24, 2.45) is 0 Å². The monoisotopic (exact) mass is 410 g/mol. The summed E-state index contributed by atoms with van der Waals surface area (Å²) in [6, 6.07) is 6.66. The molecule has 1 heterocycles. The number of benzene rings is 1. The quantitative estimate of drug-likeness (QED) is 0.761. The molecule has 150 valence electrons. The van der Waals surface area contributed by atoms with Gasteiger partial charge in [0.2, 0.25) is 15.9 Å². The van der Waals surface area contributed by atoms with E-state index in [9.17, 15) is 13.2 Å². The second kappa shape index (κ2) is 9.94. The number of hydrogen-bond donors (Lipinski definition) is 1. The largest absolute Gasteiger partial charge is 0.325 e. The van der Waals surface area contributed by atoms with Crippen molar-refractivity contribution >= 4 is 33.4 Å². The molecule has 1 amide bonds. The van der Waals surface area contributed by atoms with Crippen LogP contribution in [0.1, 0.15) is 57.8 Å². The topological polar surface area (TPSA) is 66.5 Å². The number of thioether (sulfide) groups is 1. The Morgan fingerprint density at radius 2 is 1.70 bits per heavy atom. The molecule has 1 N–H and O–H groups in total. The van der Waals surface area contributed by atoms with Gasteiger partial charge in [-0.3, -0.25) is 4.79 Å². The molecule has 3 rings (SSSR count). The minimum Gasteiger partial charge on any atom is -0.325 e. The second-order valence-corrected chi connectivity index (χ2v) is 10.7. The van der Waals surface area contributed by atoms with Crippen LogP contribution in [0.4, 0.5) is 5.69 Å². The lowest BCUT2D eigenvalue weighted by molar-refractivity contribution is -0.113. The first-order valence-corrected chi connectivity index (χ1v) is 12.6. The Hall–Kier alpha value is -1.05. The molecule has 27 heavy (non-hydrogen) atoms. The minimum atomic E-state index is -3.50. The predicted octanol–water partition coefficient (Wildman–Crippen LogP) is 4.26. The highest BCUT2D eigenvalue weighted by Gasteiger charge is 2.25. The third-order valence-electron chi connectivity index (χ3n) is 5.32. The van der Waals surface area contributed by atoms with E-state index in [1.807, 2.05) is 0 Å². The van der Waals surface area contributed by atoms with Gasteiger partial charge in [0.25, 0.3) is 0 Å². The van der Waals surface area contributed by atoms with Crippen LogP contribution in [0.3, 0.4) is 0 Å². The van der Waals surface area contributed by atoms with Gasteiger partial charge in [0.1, 0.15) is 0 Å². The van der Waals surface area contributed by atoms with Crippen molar-refractivity contribution in [1.29, 1.82) is 0 Å². The molecule has 5 nitrogen and oxygen atoms in total. The second-order valence-electron chi connectivity index (χ2n) is 7.47. The zero-order valence-corrected chi connectivity index (χ0v) is 17.5. The Bertz CT molecular complexity index is 722. The van der Waals surface area contributed by atoms with Crippen LogP contribution < -0.4 is 5.32 Å². The first-order chi connectivity index (χ1) is 13.1. The first kappa shape index (κ1) is 20.7. The summed E-state index contributed by atoms with van der Waals surface area (Å²) in [6.45, 7) is 1.16. The zero-order chi connectivity index (χ0) is 19.1. The van der Waals surface area contributed by atoms with E-state index >= 15 is 0 Å². The summed E-state index contributed by atoms with van der Waals surface area (Å²) < 4.78 is 27.4. The van der Waals surface area contributed by atoms with E-state index in [0.717, 1.165) is 25.7 Å². The molecule has 2 fully saturated rings. The van der Waals surface area contributed by atoms with Crippen LogP contribution >= 0.6 is 11.8 Å². The van der Waals surface area contributed by atoms with E-state index < -0.39 is 10.0 Å². The van der Waals surface area contributed by atoms with E-state index in [1.165, 1.54) is 32.1 Å². The van der Waals surface area contributed by atoms with Gasteiger partial charge >= 0.3 is 0 Å². The molecule has 0 bridgehead atoms. The fourth-order valence-corrected chi connectivity index (χ4v) is 6.48. The van der Waals surface area contributed by atoms with Crippen LogP contribution in [-0.2, 0) is 14.8 Å². The fraction of sp³-hybridized carbons (Fsp3) is 0.650. The number of anilines is 1. The lowest BCUT2D eigenvalue weighted by Gasteiger charge is -2.21. The molecule has 0 atom stereocenters. The summed E-state index contributed by atoms with van der Waals surface area (Å²) >= 11 is 1.72. The predicted molar refractivity (Wildman–Crippen MR) is 112 cm³/mol. The summed E-state index contributed by atoms with van der Waals surface area (Å²) in [5.74, 6) is 0.364. The normalized spacial score (nSPS) is 20.1. The SMILES string of the molecule is O=C(CSC1CCCCC1)Nc1cccc(S(=O)(=O)N2CCCCCC2)c1. The summed E-state index contributed by atoms with van der Waals surface area (Å²) in [7, 11) is -3.50. The molecular weight excluding hydrogens is 380 g/mol. The molecule has 1 aliphatic heterocycles. The van der Waals surface area contributed by atoms with Gasteiger partial charge in [-0.25, -0.2) is 8.42 Å². The molecule has 1 saturated heterocycles. The van der Waals surface area contributed by atoms with Crippen molar-refractivity contribution in [3.8, 4) is 0 Å². The van der Waals surface area contributed by atoms with Gasteiger partial charge in [-0.2, -0.15) is 4.31 Å². The molecule has 1 aliphatic carbocycles. The van der Waals surface area contributed by atoms with Gasteiger partial charge in [-0.15, -0.1) is 11.8 Å². The molecule has 0 aromatic heterocycles. The van der Waals surface area contributed by atoms with Crippen molar-refractivity contribution in [2.45, 2.75) is 67.9 Å². The van der Waals surface area contributed by atoms with Crippen LogP contribution in [-0.4, -0.2) is 42.7 Å². The van der Waals surface area contributed by atoms with Crippen LogP contribution in [0.5, 0.6) is 0 Å². The van der Waals surface area contributed by atoms with E-state index in [-0.39, 0.29) is 10.8 Å². The number of sulfonamides is 1. The molecule has 0 radical (unpaired) electrons. The van der Waals surface area contributed by atoms with Gasteiger partial charge in [-0.05, 0) is 43.9 Å². The average Bonchev–Trinajstić information content (AvgIpc) is 2.97. The Morgan fingerprint density at radius 3 is 2.41 bits per heavy atom. The highest BCUT2D eigenvalue weighted by Crippen LogP contribution is 2.28. The van der Waals surface area contributed by atoms with Gasteiger partial charge in [0, 0.05) is 24.0 Å². The summed E-state index contributed by atoms with van der Waals surface area (Å²) in [5, 5.41) is 3.45. The van der Waals surface area contributed by atoms with Crippen LogP contribution in [0.2, 0.25) is 0 Å². The first-order valence-electron chi connectivity index (χ1n) is 10.1. The molecule has 1 saturated carbocycles. The fourth-order valence-electron chi connectivity index (χ4n) is 3.79. The molecule has 7 heteroatoms. The zero-order valence-electron chi connectivity index (χ0n) is 15.9. The summed E-state index contributed by atoms with van der Waals surface area (Å²) in [5.41, 5.74) is 0.556. The lowest BCUT2D eigenvalue weighted by atomic mass is 10.0. The summed E-state index contributed by atoms with van der Waals surface area (Å²) in [4.78, 5) is 12.5. The Morgan fingerprint density at radius 1 is 1.04 bits per heavy atom. The number of amides is 1. The van der Waals surface area contributed by atoms with Crippen LogP contribution in [0.15, 0.2) is 29.2 Å². The number of nitrogens with zero attached hydrogens (tertiary/aromatic N) is 1. The van der Waals surface area contributed by atoms with Crippen molar-refractivity contribution in [3.63, 3.8) is 0 Å². The molecular formula is C20H30N2O3S2. The van der Waals surface area contributed by atoms with Crippen LogP contribution in [0, 0.1) is 0 Å². The van der Waals surface area contributed by atoms with Gasteiger partial charge in [0.05, 0.1) is 10.6 Å². The Balaban J connectivity index is 1.59. The van der Waals surface area contributed by atoms with E-state index in [4.69, 9.17) is 0 Å². The van der Waals surface area contributed by atoms with Crippen molar-refractivity contribution in [1.82, 2.24) is 4.31 Å². The number of carbonyl (C=O) groups excluding carboxylic acids is 1. The number of carbonyl (C=O) groups is 1. The van der Waals surface area contributed by atoms with Crippen molar-refractivity contribution < 1.29 is 13.2 Å². The van der Waals surface area contributed by atoms with Gasteiger partial charge in [0.15, 0.2) is 0 Å². The average molecular weight is 411 g/mol. The molecule has 1 aromatic carbocycles. The highest BCUT2D eigenvalue weighted by molar-refractivity contribution is 8.00. The van der Waals surface area contributed by atoms with E-state index in [0.29, 0.717) is 29.8 Å².